The van der Waals surface area contributed by atoms with Gasteiger partial charge in [0.1, 0.15) is 12.4 Å². The van der Waals surface area contributed by atoms with E-state index >= 15 is 0 Å². The molecule has 0 radical (unpaired) electrons. The van der Waals surface area contributed by atoms with Gasteiger partial charge in [-0.15, -0.1) is 11.3 Å². The third-order valence-corrected chi connectivity index (χ3v) is 2.93. The van der Waals surface area contributed by atoms with Gasteiger partial charge in [-0.2, -0.15) is 0 Å². The van der Waals surface area contributed by atoms with Gasteiger partial charge in [-0.25, -0.2) is 0 Å². The van der Waals surface area contributed by atoms with Gasteiger partial charge >= 0.3 is 0 Å². The van der Waals surface area contributed by atoms with E-state index in [1.807, 2.05) is 31.3 Å². The molecule has 2 rings (SSSR count). The number of benzene rings is 1. The van der Waals surface area contributed by atoms with Crippen molar-refractivity contribution < 1.29 is 4.74 Å². The molecule has 1 aromatic heterocycles. The first-order valence-electron chi connectivity index (χ1n) is 4.62. The maximum absolute atomic E-state index is 5.78. The first kappa shape index (κ1) is 9.98. The SMILES string of the molecule is Cc1c(N)cccc1OCc1cncs1. The lowest BCUT2D eigenvalue weighted by atomic mass is 10.2. The van der Waals surface area contributed by atoms with Gasteiger partial charge in [0.25, 0.3) is 0 Å². The predicted octanol–water partition coefficient (Wildman–Crippen LogP) is 2.61. The van der Waals surface area contributed by atoms with E-state index in [9.17, 15) is 0 Å². The molecule has 0 fully saturated rings. The quantitative estimate of drug-likeness (QED) is 0.809. The summed E-state index contributed by atoms with van der Waals surface area (Å²) in [6.45, 7) is 2.51. The van der Waals surface area contributed by atoms with Crippen LogP contribution < -0.4 is 10.5 Å². The fourth-order valence-corrected chi connectivity index (χ4v) is 1.76. The molecule has 0 spiro atoms. The fourth-order valence-electron chi connectivity index (χ4n) is 1.25. The van der Waals surface area contributed by atoms with Crippen LogP contribution in [0.15, 0.2) is 29.9 Å². The number of ether oxygens (including phenoxy) is 1. The Kier molecular flexibility index (Phi) is 2.87. The van der Waals surface area contributed by atoms with Crippen LogP contribution in [-0.2, 0) is 6.61 Å². The van der Waals surface area contributed by atoms with Gasteiger partial charge < -0.3 is 10.5 Å². The number of nitrogens with two attached hydrogens (primary N) is 1. The number of nitrogen functional groups attached to an aromatic ring is 1. The Morgan fingerprint density at radius 1 is 1.47 bits per heavy atom. The summed E-state index contributed by atoms with van der Waals surface area (Å²) in [5.41, 5.74) is 9.33. The highest BCUT2D eigenvalue weighted by atomic mass is 32.1. The lowest BCUT2D eigenvalue weighted by Crippen LogP contribution is -1.97. The summed E-state index contributed by atoms with van der Waals surface area (Å²) in [7, 11) is 0. The second-order valence-corrected chi connectivity index (χ2v) is 4.20. The summed E-state index contributed by atoms with van der Waals surface area (Å²) >= 11 is 1.58. The average molecular weight is 220 g/mol. The second kappa shape index (κ2) is 4.31. The summed E-state index contributed by atoms with van der Waals surface area (Å²) < 4.78 is 5.65. The molecule has 1 heterocycles. The Morgan fingerprint density at radius 2 is 2.33 bits per heavy atom. The highest BCUT2D eigenvalue weighted by Gasteiger charge is 2.02. The Balaban J connectivity index is 2.08. The summed E-state index contributed by atoms with van der Waals surface area (Å²) in [6.07, 6.45) is 1.81. The molecule has 0 amide bonds. The van der Waals surface area contributed by atoms with Crippen molar-refractivity contribution in [3.05, 3.63) is 40.3 Å². The van der Waals surface area contributed by atoms with Crippen molar-refractivity contribution >= 4 is 17.0 Å². The van der Waals surface area contributed by atoms with E-state index < -0.39 is 0 Å². The van der Waals surface area contributed by atoms with Gasteiger partial charge in [0.05, 0.1) is 10.4 Å². The Labute approximate surface area is 92.5 Å². The largest absolute Gasteiger partial charge is 0.488 e. The van der Waals surface area contributed by atoms with Gasteiger partial charge in [0.2, 0.25) is 0 Å². The molecular formula is C11H12N2OS. The molecule has 0 saturated heterocycles. The summed E-state index contributed by atoms with van der Waals surface area (Å²) in [5.74, 6) is 0.836. The minimum absolute atomic E-state index is 0.551. The second-order valence-electron chi connectivity index (χ2n) is 3.23. The smallest absolute Gasteiger partial charge is 0.124 e. The topological polar surface area (TPSA) is 48.1 Å². The van der Waals surface area contributed by atoms with Crippen molar-refractivity contribution in [1.29, 1.82) is 0 Å². The average Bonchev–Trinajstić information content (AvgIpc) is 2.73. The molecule has 0 unspecified atom stereocenters. The van der Waals surface area contributed by atoms with Crippen molar-refractivity contribution in [3.63, 3.8) is 0 Å². The third kappa shape index (κ3) is 2.27. The number of nitrogens with zero attached hydrogens (tertiary/aromatic N) is 1. The summed E-state index contributed by atoms with van der Waals surface area (Å²) in [4.78, 5) is 5.10. The monoisotopic (exact) mass is 220 g/mol. The molecule has 2 N–H and O–H groups in total. The molecule has 78 valence electrons. The third-order valence-electron chi connectivity index (χ3n) is 2.18. The zero-order valence-electron chi connectivity index (χ0n) is 8.43. The zero-order valence-corrected chi connectivity index (χ0v) is 9.25. The van der Waals surface area contributed by atoms with Crippen LogP contribution in [0.5, 0.6) is 5.75 Å². The van der Waals surface area contributed by atoms with Crippen molar-refractivity contribution in [3.8, 4) is 5.75 Å². The molecule has 0 bridgehead atoms. The Hall–Kier alpha value is -1.55. The van der Waals surface area contributed by atoms with E-state index in [1.54, 1.807) is 16.8 Å². The number of rotatable bonds is 3. The molecule has 1 aromatic carbocycles. The van der Waals surface area contributed by atoms with E-state index in [4.69, 9.17) is 10.5 Å². The zero-order chi connectivity index (χ0) is 10.7. The Bertz CT molecular complexity index is 440. The highest BCUT2D eigenvalue weighted by Crippen LogP contribution is 2.24. The molecule has 0 aliphatic carbocycles. The van der Waals surface area contributed by atoms with Gasteiger partial charge in [0, 0.05) is 17.4 Å². The number of anilines is 1. The predicted molar refractivity (Wildman–Crippen MR) is 62.0 cm³/mol. The number of hydrogen-bond acceptors (Lipinski definition) is 4. The van der Waals surface area contributed by atoms with Gasteiger partial charge in [-0.1, -0.05) is 6.07 Å². The van der Waals surface area contributed by atoms with Crippen LogP contribution in [0.2, 0.25) is 0 Å². The molecule has 0 aliphatic heterocycles. The molecule has 0 atom stereocenters. The van der Waals surface area contributed by atoms with E-state index in [2.05, 4.69) is 4.98 Å². The summed E-state index contributed by atoms with van der Waals surface area (Å²) in [6, 6.07) is 5.69. The van der Waals surface area contributed by atoms with Crippen LogP contribution in [0.1, 0.15) is 10.4 Å². The number of hydrogen-bond donors (Lipinski definition) is 1. The first-order chi connectivity index (χ1) is 7.27. The van der Waals surface area contributed by atoms with E-state index in [0.29, 0.717) is 6.61 Å². The molecule has 0 aliphatic rings. The molecule has 2 aromatic rings. The first-order valence-corrected chi connectivity index (χ1v) is 5.50. The van der Waals surface area contributed by atoms with Gasteiger partial charge in [0.15, 0.2) is 0 Å². The maximum atomic E-state index is 5.78. The van der Waals surface area contributed by atoms with E-state index in [1.165, 1.54) is 0 Å². The Morgan fingerprint density at radius 3 is 3.07 bits per heavy atom. The molecule has 3 nitrogen and oxygen atoms in total. The van der Waals surface area contributed by atoms with Crippen molar-refractivity contribution in [1.82, 2.24) is 4.98 Å². The normalized spacial score (nSPS) is 10.2. The van der Waals surface area contributed by atoms with Crippen LogP contribution in [0.4, 0.5) is 5.69 Å². The molecule has 0 saturated carbocycles. The van der Waals surface area contributed by atoms with Gasteiger partial charge in [-0.05, 0) is 19.1 Å². The molecular weight excluding hydrogens is 208 g/mol. The van der Waals surface area contributed by atoms with Crippen molar-refractivity contribution in [2.24, 2.45) is 0 Å². The lowest BCUT2D eigenvalue weighted by Gasteiger charge is -2.09. The lowest BCUT2D eigenvalue weighted by molar-refractivity contribution is 0.307. The number of thiazole rings is 1. The minimum Gasteiger partial charge on any atom is -0.488 e. The standard InChI is InChI=1S/C11H12N2OS/c1-8-10(12)3-2-4-11(8)14-6-9-5-13-7-15-9/h2-5,7H,6,12H2,1H3. The van der Waals surface area contributed by atoms with E-state index in [0.717, 1.165) is 21.9 Å². The van der Waals surface area contributed by atoms with Crippen LogP contribution >= 0.6 is 11.3 Å². The van der Waals surface area contributed by atoms with E-state index in [-0.39, 0.29) is 0 Å². The van der Waals surface area contributed by atoms with Gasteiger partial charge in [-0.3, -0.25) is 4.98 Å². The van der Waals surface area contributed by atoms with Crippen molar-refractivity contribution in [2.75, 3.05) is 5.73 Å². The fraction of sp³-hybridized carbons (Fsp3) is 0.182. The minimum atomic E-state index is 0.551. The number of aromatic nitrogens is 1. The molecule has 15 heavy (non-hydrogen) atoms. The van der Waals surface area contributed by atoms with Crippen LogP contribution in [-0.4, -0.2) is 4.98 Å². The summed E-state index contributed by atoms with van der Waals surface area (Å²) in [5, 5.41) is 0. The highest BCUT2D eigenvalue weighted by molar-refractivity contribution is 7.09. The van der Waals surface area contributed by atoms with Crippen LogP contribution in [0.3, 0.4) is 0 Å². The van der Waals surface area contributed by atoms with Crippen LogP contribution in [0.25, 0.3) is 0 Å². The van der Waals surface area contributed by atoms with Crippen LogP contribution in [0, 0.1) is 6.92 Å². The molecule has 4 heteroatoms. The van der Waals surface area contributed by atoms with Crippen molar-refractivity contribution in [2.45, 2.75) is 13.5 Å². The maximum Gasteiger partial charge on any atom is 0.124 e.